The van der Waals surface area contributed by atoms with Crippen LogP contribution in [0, 0.1) is 0 Å². The first-order chi connectivity index (χ1) is 12.2. The summed E-state index contributed by atoms with van der Waals surface area (Å²) < 4.78 is 15.8. The molecule has 26 heavy (non-hydrogen) atoms. The monoisotopic (exact) mass is 364 g/mol. The minimum Gasteiger partial charge on any atom is -0.497 e. The molecule has 1 aliphatic rings. The molecule has 1 fully saturated rings. The van der Waals surface area contributed by atoms with E-state index in [4.69, 9.17) is 14.2 Å². The summed E-state index contributed by atoms with van der Waals surface area (Å²) in [5, 5.41) is 3.02. The highest BCUT2D eigenvalue weighted by molar-refractivity contribution is 5.97. The zero-order valence-corrected chi connectivity index (χ0v) is 16.1. The first-order valence-corrected chi connectivity index (χ1v) is 8.74. The Kier molecular flexibility index (Phi) is 6.34. The summed E-state index contributed by atoms with van der Waals surface area (Å²) >= 11 is 0. The number of carbonyl (C=O) groups is 2. The summed E-state index contributed by atoms with van der Waals surface area (Å²) in [7, 11) is 3.08. The summed E-state index contributed by atoms with van der Waals surface area (Å²) in [4.78, 5) is 26.3. The Bertz CT molecular complexity index is 646. The smallest absolute Gasteiger partial charge is 0.410 e. The van der Waals surface area contributed by atoms with E-state index in [1.165, 1.54) is 7.11 Å². The van der Waals surface area contributed by atoms with Gasteiger partial charge in [0, 0.05) is 25.2 Å². The fourth-order valence-electron chi connectivity index (χ4n) is 2.78. The van der Waals surface area contributed by atoms with E-state index in [0.717, 1.165) is 0 Å². The quantitative estimate of drug-likeness (QED) is 0.889. The number of piperidine rings is 1. The van der Waals surface area contributed by atoms with Crippen molar-refractivity contribution in [3.63, 3.8) is 0 Å². The summed E-state index contributed by atoms with van der Waals surface area (Å²) in [6, 6.07) is 5.10. The average Bonchev–Trinajstić information content (AvgIpc) is 2.60. The van der Waals surface area contributed by atoms with Gasteiger partial charge in [0.05, 0.1) is 19.8 Å². The molecule has 7 heteroatoms. The van der Waals surface area contributed by atoms with Crippen LogP contribution in [0.5, 0.6) is 11.5 Å². The van der Waals surface area contributed by atoms with Gasteiger partial charge >= 0.3 is 6.09 Å². The lowest BCUT2D eigenvalue weighted by atomic mass is 10.0. The number of hydrogen-bond donors (Lipinski definition) is 1. The Morgan fingerprint density at radius 1 is 1.12 bits per heavy atom. The molecule has 1 saturated heterocycles. The fourth-order valence-corrected chi connectivity index (χ4v) is 2.78. The molecule has 1 aromatic carbocycles. The van der Waals surface area contributed by atoms with Crippen molar-refractivity contribution in [1.29, 1.82) is 0 Å². The number of carbonyl (C=O) groups excluding carboxylic acids is 2. The molecular formula is C19H28N2O5. The number of nitrogens with zero attached hydrogens (tertiary/aromatic N) is 1. The van der Waals surface area contributed by atoms with Crippen molar-refractivity contribution >= 4 is 12.0 Å². The van der Waals surface area contributed by atoms with E-state index in [-0.39, 0.29) is 18.0 Å². The van der Waals surface area contributed by atoms with Gasteiger partial charge in [-0.1, -0.05) is 0 Å². The van der Waals surface area contributed by atoms with Crippen molar-refractivity contribution in [3.8, 4) is 11.5 Å². The summed E-state index contributed by atoms with van der Waals surface area (Å²) in [5.74, 6) is 0.900. The maximum Gasteiger partial charge on any atom is 0.410 e. The van der Waals surface area contributed by atoms with E-state index in [1.54, 1.807) is 30.2 Å². The molecule has 1 heterocycles. The van der Waals surface area contributed by atoms with Crippen molar-refractivity contribution in [2.24, 2.45) is 0 Å². The minimum atomic E-state index is -0.507. The van der Waals surface area contributed by atoms with E-state index in [2.05, 4.69) is 5.32 Å². The number of methoxy groups -OCH3 is 2. The van der Waals surface area contributed by atoms with Crippen LogP contribution < -0.4 is 14.8 Å². The van der Waals surface area contributed by atoms with Crippen LogP contribution in [-0.4, -0.2) is 55.9 Å². The molecule has 2 rings (SSSR count). The highest BCUT2D eigenvalue weighted by atomic mass is 16.6. The van der Waals surface area contributed by atoms with Crippen molar-refractivity contribution in [2.45, 2.75) is 45.3 Å². The number of amides is 2. The SMILES string of the molecule is COc1ccc(C(=O)NC2CCN(C(=O)OC(C)(C)C)CC2)c(OC)c1. The molecule has 0 radical (unpaired) electrons. The van der Waals surface area contributed by atoms with Gasteiger partial charge in [-0.15, -0.1) is 0 Å². The minimum absolute atomic E-state index is 0.00740. The Morgan fingerprint density at radius 3 is 2.31 bits per heavy atom. The summed E-state index contributed by atoms with van der Waals surface area (Å²) in [6.07, 6.45) is 1.06. The standard InChI is InChI=1S/C19H28N2O5/c1-19(2,3)26-18(23)21-10-8-13(9-11-21)20-17(22)15-7-6-14(24-4)12-16(15)25-5/h6-7,12-13H,8-11H2,1-5H3,(H,20,22). The molecule has 2 amide bonds. The Labute approximate surface area is 154 Å². The lowest BCUT2D eigenvalue weighted by Crippen LogP contribution is -2.47. The van der Waals surface area contributed by atoms with Crippen LogP contribution >= 0.6 is 0 Å². The third-order valence-corrected chi connectivity index (χ3v) is 4.14. The Balaban J connectivity index is 1.91. The van der Waals surface area contributed by atoms with E-state index < -0.39 is 5.60 Å². The van der Waals surface area contributed by atoms with Gasteiger partial charge < -0.3 is 24.4 Å². The third kappa shape index (κ3) is 5.28. The van der Waals surface area contributed by atoms with Gasteiger partial charge in [0.15, 0.2) is 0 Å². The Morgan fingerprint density at radius 2 is 1.77 bits per heavy atom. The Hall–Kier alpha value is -2.44. The number of benzene rings is 1. The molecular weight excluding hydrogens is 336 g/mol. The van der Waals surface area contributed by atoms with Crippen LogP contribution in [0.3, 0.4) is 0 Å². The van der Waals surface area contributed by atoms with Crippen LogP contribution in [0.2, 0.25) is 0 Å². The van der Waals surface area contributed by atoms with Crippen LogP contribution in [0.4, 0.5) is 4.79 Å². The van der Waals surface area contributed by atoms with Gasteiger partial charge in [-0.25, -0.2) is 4.79 Å². The molecule has 0 saturated carbocycles. The second kappa shape index (κ2) is 8.29. The molecule has 0 aromatic heterocycles. The second-order valence-corrected chi connectivity index (χ2v) is 7.28. The molecule has 1 aromatic rings. The number of hydrogen-bond acceptors (Lipinski definition) is 5. The van der Waals surface area contributed by atoms with E-state index >= 15 is 0 Å². The largest absolute Gasteiger partial charge is 0.497 e. The van der Waals surface area contributed by atoms with Gasteiger partial charge in [-0.05, 0) is 45.7 Å². The lowest BCUT2D eigenvalue weighted by molar-refractivity contribution is 0.0199. The lowest BCUT2D eigenvalue weighted by Gasteiger charge is -2.33. The van der Waals surface area contributed by atoms with Crippen LogP contribution in [0.1, 0.15) is 44.0 Å². The van der Waals surface area contributed by atoms with Crippen molar-refractivity contribution in [3.05, 3.63) is 23.8 Å². The molecule has 1 N–H and O–H groups in total. The molecule has 0 spiro atoms. The van der Waals surface area contributed by atoms with Gasteiger partial charge in [-0.3, -0.25) is 4.79 Å². The first-order valence-electron chi connectivity index (χ1n) is 8.74. The highest BCUT2D eigenvalue weighted by Gasteiger charge is 2.28. The van der Waals surface area contributed by atoms with Crippen molar-refractivity contribution < 1.29 is 23.8 Å². The predicted molar refractivity (Wildman–Crippen MR) is 97.8 cm³/mol. The van der Waals surface area contributed by atoms with Crippen LogP contribution in [0.15, 0.2) is 18.2 Å². The van der Waals surface area contributed by atoms with E-state index in [1.807, 2.05) is 20.8 Å². The summed E-state index contributed by atoms with van der Waals surface area (Å²) in [6.45, 7) is 6.65. The fraction of sp³-hybridized carbons (Fsp3) is 0.579. The second-order valence-electron chi connectivity index (χ2n) is 7.28. The number of likely N-dealkylation sites (tertiary alicyclic amines) is 1. The topological polar surface area (TPSA) is 77.1 Å². The molecule has 0 bridgehead atoms. The van der Waals surface area contributed by atoms with Gasteiger partial charge in [-0.2, -0.15) is 0 Å². The maximum absolute atomic E-state index is 12.6. The van der Waals surface area contributed by atoms with Crippen molar-refractivity contribution in [2.75, 3.05) is 27.3 Å². The highest BCUT2D eigenvalue weighted by Crippen LogP contribution is 2.25. The van der Waals surface area contributed by atoms with Crippen LogP contribution in [-0.2, 0) is 4.74 Å². The molecule has 1 aliphatic heterocycles. The molecule has 0 unspecified atom stereocenters. The molecule has 144 valence electrons. The third-order valence-electron chi connectivity index (χ3n) is 4.14. The number of rotatable bonds is 4. The average molecular weight is 364 g/mol. The first kappa shape index (κ1) is 19.9. The van der Waals surface area contributed by atoms with E-state index in [9.17, 15) is 9.59 Å². The van der Waals surface area contributed by atoms with Gasteiger partial charge in [0.1, 0.15) is 17.1 Å². The van der Waals surface area contributed by atoms with Crippen molar-refractivity contribution in [1.82, 2.24) is 10.2 Å². The number of nitrogens with one attached hydrogen (secondary N) is 1. The molecule has 0 atom stereocenters. The zero-order valence-electron chi connectivity index (χ0n) is 16.1. The van der Waals surface area contributed by atoms with Crippen LogP contribution in [0.25, 0.3) is 0 Å². The predicted octanol–water partition coefficient (Wildman–Crippen LogP) is 2.83. The molecule has 7 nitrogen and oxygen atoms in total. The molecule has 0 aliphatic carbocycles. The van der Waals surface area contributed by atoms with Gasteiger partial charge in [0.2, 0.25) is 0 Å². The summed E-state index contributed by atoms with van der Waals surface area (Å²) in [5.41, 5.74) is -0.0459. The van der Waals surface area contributed by atoms with Gasteiger partial charge in [0.25, 0.3) is 5.91 Å². The number of ether oxygens (including phenoxy) is 3. The maximum atomic E-state index is 12.6. The van der Waals surface area contributed by atoms with E-state index in [0.29, 0.717) is 43.0 Å². The normalized spacial score (nSPS) is 15.3. The zero-order chi connectivity index (χ0) is 19.3.